The second-order valence-electron chi connectivity index (χ2n) is 9.38. The van der Waals surface area contributed by atoms with Gasteiger partial charge in [-0.15, -0.1) is 0 Å². The van der Waals surface area contributed by atoms with Crippen molar-refractivity contribution < 1.29 is 9.47 Å². The predicted octanol–water partition coefficient (Wildman–Crippen LogP) is 6.82. The van der Waals surface area contributed by atoms with Gasteiger partial charge in [0.25, 0.3) is 0 Å². The Morgan fingerprint density at radius 2 is 1.00 bits per heavy atom. The quantitative estimate of drug-likeness (QED) is 0.284. The average Bonchev–Trinajstić information content (AvgIpc) is 2.92. The number of nitrogen functional groups attached to an aromatic ring is 2. The van der Waals surface area contributed by atoms with Gasteiger partial charge in [-0.05, 0) is 77.4 Å². The second-order valence-corrected chi connectivity index (χ2v) is 9.38. The van der Waals surface area contributed by atoms with Crippen molar-refractivity contribution in [3.05, 3.63) is 149 Å². The van der Waals surface area contributed by atoms with Crippen molar-refractivity contribution in [2.45, 2.75) is 11.5 Å². The Morgan fingerprint density at radius 3 is 1.61 bits per heavy atom. The third kappa shape index (κ3) is 2.94. The third-order valence-electron chi connectivity index (χ3n) is 7.28. The fourth-order valence-corrected chi connectivity index (χ4v) is 5.78. The van der Waals surface area contributed by atoms with Crippen LogP contribution in [0.4, 0.5) is 11.4 Å². The first-order valence-corrected chi connectivity index (χ1v) is 12.0. The fraction of sp³-hybridized carbons (Fsp3) is 0.0625. The summed E-state index contributed by atoms with van der Waals surface area (Å²) in [4.78, 5) is 0. The molecule has 0 radical (unpaired) electrons. The zero-order valence-corrected chi connectivity index (χ0v) is 19.5. The maximum atomic E-state index is 7.06. The molecule has 0 unspecified atom stereocenters. The van der Waals surface area contributed by atoms with Crippen LogP contribution in [0.25, 0.3) is 0 Å². The van der Waals surface area contributed by atoms with E-state index in [1.54, 1.807) is 0 Å². The van der Waals surface area contributed by atoms with E-state index in [1.807, 2.05) is 54.6 Å². The Bertz CT molecular complexity index is 1560. The van der Waals surface area contributed by atoms with Gasteiger partial charge in [0, 0.05) is 34.0 Å². The molecule has 0 aliphatic heterocycles. The smallest absolute Gasteiger partial charge is 0.185 e. The summed E-state index contributed by atoms with van der Waals surface area (Å²) in [6.07, 6.45) is 0. The molecule has 5 aromatic carbocycles. The van der Waals surface area contributed by atoms with Crippen LogP contribution < -0.4 is 20.9 Å². The van der Waals surface area contributed by atoms with Crippen LogP contribution in [-0.4, -0.2) is 0 Å². The minimum atomic E-state index is -0.826. The van der Waals surface area contributed by atoms with Gasteiger partial charge in [-0.25, -0.2) is 0 Å². The van der Waals surface area contributed by atoms with Gasteiger partial charge in [0.1, 0.15) is 17.2 Å². The lowest BCUT2D eigenvalue weighted by molar-refractivity contribution is 0.142. The number of benzene rings is 5. The van der Waals surface area contributed by atoms with Crippen LogP contribution >= 0.6 is 0 Å². The number of ether oxygens (including phenoxy) is 2. The number of hydrogen-bond donors (Lipinski definition) is 2. The molecule has 3 aliphatic rings. The van der Waals surface area contributed by atoms with Crippen LogP contribution in [0.1, 0.15) is 39.3 Å². The van der Waals surface area contributed by atoms with E-state index in [1.165, 1.54) is 16.7 Å². The van der Waals surface area contributed by atoms with Gasteiger partial charge >= 0.3 is 0 Å². The van der Waals surface area contributed by atoms with Gasteiger partial charge in [0.15, 0.2) is 5.60 Å². The highest BCUT2D eigenvalue weighted by Crippen LogP contribution is 2.59. The Morgan fingerprint density at radius 1 is 0.500 bits per heavy atom. The van der Waals surface area contributed by atoms with Gasteiger partial charge in [0.2, 0.25) is 0 Å². The molecule has 5 aromatic rings. The lowest BCUT2D eigenvalue weighted by Crippen LogP contribution is -2.46. The summed E-state index contributed by atoms with van der Waals surface area (Å²) in [6, 6.07) is 38.6. The molecule has 36 heavy (non-hydrogen) atoms. The largest absolute Gasteiger partial charge is 0.473 e. The first-order valence-electron chi connectivity index (χ1n) is 12.0. The monoisotopic (exact) mass is 468 g/mol. The highest BCUT2D eigenvalue weighted by Gasteiger charge is 2.53. The molecule has 0 amide bonds. The minimum Gasteiger partial charge on any atom is -0.473 e. The van der Waals surface area contributed by atoms with Gasteiger partial charge in [-0.1, -0.05) is 54.6 Å². The van der Waals surface area contributed by atoms with E-state index in [0.717, 1.165) is 33.9 Å². The van der Waals surface area contributed by atoms with E-state index in [0.29, 0.717) is 11.4 Å². The minimum absolute atomic E-state index is 0.134. The molecule has 0 spiro atoms. The maximum Gasteiger partial charge on any atom is 0.185 e. The highest BCUT2D eigenvalue weighted by molar-refractivity contribution is 5.71. The molecule has 3 aliphatic carbocycles. The van der Waals surface area contributed by atoms with Crippen LogP contribution in [0.15, 0.2) is 115 Å². The van der Waals surface area contributed by atoms with Crippen molar-refractivity contribution in [1.82, 2.24) is 0 Å². The molecule has 4 nitrogen and oxygen atoms in total. The van der Waals surface area contributed by atoms with Crippen LogP contribution in [0, 0.1) is 0 Å². The summed E-state index contributed by atoms with van der Waals surface area (Å²) < 4.78 is 13.3. The molecular formula is C32H24N2O2. The number of rotatable bonds is 4. The Labute approximate surface area is 209 Å². The summed E-state index contributed by atoms with van der Waals surface area (Å²) in [7, 11) is 0. The standard InChI is InChI=1S/C32H24N2O2/c33-20-9-13-22(14-10-20)35-24-17-18-27-30(19-24)32(36-23-15-11-21(34)12-16-23)28-7-3-1-5-25(28)31(27)26-6-2-4-8-29(26)32/h1-19,31H,33-34H2. The van der Waals surface area contributed by atoms with Crippen LogP contribution in [-0.2, 0) is 5.60 Å². The molecule has 0 saturated heterocycles. The molecule has 4 heteroatoms. The van der Waals surface area contributed by atoms with Crippen molar-refractivity contribution in [3.8, 4) is 17.2 Å². The summed E-state index contributed by atoms with van der Waals surface area (Å²) in [5.41, 5.74) is 19.6. The lowest BCUT2D eigenvalue weighted by atomic mass is 9.58. The number of hydrogen-bond acceptors (Lipinski definition) is 4. The molecule has 0 heterocycles. The molecule has 8 rings (SSSR count). The topological polar surface area (TPSA) is 70.5 Å². The van der Waals surface area contributed by atoms with E-state index in [-0.39, 0.29) is 5.92 Å². The first-order chi connectivity index (χ1) is 17.6. The molecule has 0 aromatic heterocycles. The summed E-state index contributed by atoms with van der Waals surface area (Å²) in [5.74, 6) is 2.38. The van der Waals surface area contributed by atoms with Crippen molar-refractivity contribution in [3.63, 3.8) is 0 Å². The highest BCUT2D eigenvalue weighted by atomic mass is 16.5. The zero-order chi connectivity index (χ0) is 24.3. The number of nitrogens with two attached hydrogens (primary N) is 2. The van der Waals surface area contributed by atoms with Crippen LogP contribution in [0.3, 0.4) is 0 Å². The van der Waals surface area contributed by atoms with Crippen LogP contribution in [0.2, 0.25) is 0 Å². The SMILES string of the molecule is Nc1ccc(Oc2ccc3c(c2)C2(Oc4ccc(N)cc4)c4ccccc4C3c3ccccc32)cc1. The molecule has 0 fully saturated rings. The van der Waals surface area contributed by atoms with Crippen molar-refractivity contribution in [1.29, 1.82) is 0 Å². The van der Waals surface area contributed by atoms with E-state index >= 15 is 0 Å². The first kappa shape index (κ1) is 20.7. The Hall–Kier alpha value is -4.70. The fourth-order valence-electron chi connectivity index (χ4n) is 5.78. The van der Waals surface area contributed by atoms with Gasteiger partial charge < -0.3 is 20.9 Å². The summed E-state index contributed by atoms with van der Waals surface area (Å²) in [5, 5.41) is 0. The van der Waals surface area contributed by atoms with Gasteiger partial charge in [-0.2, -0.15) is 0 Å². The molecule has 0 atom stereocenters. The maximum absolute atomic E-state index is 7.06. The summed E-state index contributed by atoms with van der Waals surface area (Å²) in [6.45, 7) is 0. The zero-order valence-electron chi connectivity index (χ0n) is 19.5. The van der Waals surface area contributed by atoms with E-state index in [2.05, 4.69) is 60.7 Å². The lowest BCUT2D eigenvalue weighted by Gasteiger charge is -2.50. The van der Waals surface area contributed by atoms with E-state index < -0.39 is 5.60 Å². The van der Waals surface area contributed by atoms with E-state index in [4.69, 9.17) is 20.9 Å². The Balaban J connectivity index is 1.47. The summed E-state index contributed by atoms with van der Waals surface area (Å²) >= 11 is 0. The molecule has 0 saturated carbocycles. The van der Waals surface area contributed by atoms with Gasteiger partial charge in [-0.3, -0.25) is 0 Å². The Kier molecular flexibility index (Phi) is 4.39. The predicted molar refractivity (Wildman–Crippen MR) is 143 cm³/mol. The van der Waals surface area contributed by atoms with Crippen molar-refractivity contribution in [2.75, 3.05) is 11.5 Å². The van der Waals surface area contributed by atoms with Crippen molar-refractivity contribution in [2.24, 2.45) is 0 Å². The average molecular weight is 469 g/mol. The molecule has 174 valence electrons. The molecule has 4 N–H and O–H groups in total. The van der Waals surface area contributed by atoms with Crippen molar-refractivity contribution >= 4 is 11.4 Å². The molecular weight excluding hydrogens is 444 g/mol. The van der Waals surface area contributed by atoms with Crippen LogP contribution in [0.5, 0.6) is 17.2 Å². The third-order valence-corrected chi connectivity index (χ3v) is 7.28. The van der Waals surface area contributed by atoms with Gasteiger partial charge in [0.05, 0.1) is 0 Å². The van der Waals surface area contributed by atoms with E-state index in [9.17, 15) is 0 Å². The number of anilines is 2. The second kappa shape index (κ2) is 7.65. The normalized spacial score (nSPS) is 18.6. The molecule has 2 bridgehead atoms.